The number of hydrogen-bond donors (Lipinski definition) is 2. The highest BCUT2D eigenvalue weighted by Crippen LogP contribution is 2.49. The normalized spacial score (nSPS) is 15.5. The van der Waals surface area contributed by atoms with Crippen LogP contribution >= 0.6 is 23.2 Å². The zero-order chi connectivity index (χ0) is 20.7. The summed E-state index contributed by atoms with van der Waals surface area (Å²) in [6, 6.07) is 11.1. The lowest BCUT2D eigenvalue weighted by atomic mass is 9.82. The zero-order valence-electron chi connectivity index (χ0n) is 15.0. The van der Waals surface area contributed by atoms with Gasteiger partial charge >= 0.3 is 0 Å². The molecular formula is C20H13Cl2FN4O2. The predicted molar refractivity (Wildman–Crippen MR) is 106 cm³/mol. The van der Waals surface area contributed by atoms with E-state index in [-0.39, 0.29) is 28.2 Å². The third-order valence-corrected chi connectivity index (χ3v) is 5.12. The van der Waals surface area contributed by atoms with E-state index >= 15 is 0 Å². The third kappa shape index (κ3) is 3.16. The summed E-state index contributed by atoms with van der Waals surface area (Å²) in [6.07, 6.45) is 0. The Bertz CT molecular complexity index is 1180. The van der Waals surface area contributed by atoms with Crippen molar-refractivity contribution in [1.82, 2.24) is 10.2 Å². The van der Waals surface area contributed by atoms with Crippen molar-refractivity contribution < 1.29 is 13.9 Å². The first kappa shape index (κ1) is 19.1. The van der Waals surface area contributed by atoms with Crippen LogP contribution < -0.4 is 15.2 Å². The summed E-state index contributed by atoms with van der Waals surface area (Å²) >= 11 is 12.6. The average molecular weight is 431 g/mol. The average Bonchev–Trinajstić information content (AvgIpc) is 3.10. The van der Waals surface area contributed by atoms with Crippen molar-refractivity contribution in [3.8, 4) is 29.0 Å². The van der Waals surface area contributed by atoms with Gasteiger partial charge < -0.3 is 15.2 Å². The van der Waals surface area contributed by atoms with Crippen LogP contribution in [0.2, 0.25) is 10.0 Å². The first-order chi connectivity index (χ1) is 13.9. The fraction of sp³-hybridized carbons (Fsp3) is 0.100. The van der Waals surface area contributed by atoms with Crippen LogP contribution in [0.5, 0.6) is 11.6 Å². The lowest BCUT2D eigenvalue weighted by molar-refractivity contribution is 0.375. The molecule has 0 radical (unpaired) electrons. The van der Waals surface area contributed by atoms with Gasteiger partial charge in [-0.15, -0.1) is 5.10 Å². The first-order valence-corrected chi connectivity index (χ1v) is 9.15. The second-order valence-corrected chi connectivity index (χ2v) is 7.10. The quantitative estimate of drug-likeness (QED) is 0.624. The van der Waals surface area contributed by atoms with Gasteiger partial charge in [-0.3, -0.25) is 5.10 Å². The van der Waals surface area contributed by atoms with E-state index in [2.05, 4.69) is 16.3 Å². The van der Waals surface area contributed by atoms with E-state index in [0.29, 0.717) is 33.2 Å². The first-order valence-electron chi connectivity index (χ1n) is 8.39. The van der Waals surface area contributed by atoms with Gasteiger partial charge in [0.25, 0.3) is 0 Å². The highest BCUT2D eigenvalue weighted by molar-refractivity contribution is 6.35. The molecule has 0 fully saturated rings. The molecule has 29 heavy (non-hydrogen) atoms. The Kier molecular flexibility index (Phi) is 4.82. The minimum Gasteiger partial charge on any atom is -0.495 e. The van der Waals surface area contributed by atoms with Crippen molar-refractivity contribution in [2.24, 2.45) is 5.73 Å². The predicted octanol–water partition coefficient (Wildman–Crippen LogP) is 4.75. The van der Waals surface area contributed by atoms with Crippen molar-refractivity contribution in [2.45, 2.75) is 5.92 Å². The number of allylic oxidation sites excluding steroid dienone is 1. The molecule has 9 heteroatoms. The Balaban J connectivity index is 2.02. The molecule has 1 aliphatic heterocycles. The molecule has 0 spiro atoms. The minimum absolute atomic E-state index is 0.0830. The highest BCUT2D eigenvalue weighted by Gasteiger charge is 2.37. The van der Waals surface area contributed by atoms with Crippen molar-refractivity contribution >= 4 is 23.2 Å². The van der Waals surface area contributed by atoms with Crippen LogP contribution in [0.15, 0.2) is 47.9 Å². The summed E-state index contributed by atoms with van der Waals surface area (Å²) in [5, 5.41) is 17.5. The summed E-state index contributed by atoms with van der Waals surface area (Å²) < 4.78 is 24.4. The number of H-pyrrole nitrogens is 1. The largest absolute Gasteiger partial charge is 0.495 e. The van der Waals surface area contributed by atoms with Gasteiger partial charge in [0.2, 0.25) is 11.8 Å². The van der Waals surface area contributed by atoms with Crippen molar-refractivity contribution in [3.63, 3.8) is 0 Å². The van der Waals surface area contributed by atoms with Gasteiger partial charge in [-0.05, 0) is 36.4 Å². The molecule has 0 saturated carbocycles. The minimum atomic E-state index is -0.714. The van der Waals surface area contributed by atoms with Crippen molar-refractivity contribution in [1.29, 1.82) is 5.26 Å². The number of methoxy groups -OCH3 is 1. The van der Waals surface area contributed by atoms with Crippen LogP contribution in [0.1, 0.15) is 17.0 Å². The molecule has 3 aromatic rings. The Morgan fingerprint density at radius 3 is 2.66 bits per heavy atom. The van der Waals surface area contributed by atoms with Crippen LogP contribution in [0.4, 0.5) is 4.39 Å². The maximum atomic E-state index is 13.4. The molecule has 1 unspecified atom stereocenters. The SMILES string of the molecule is COc1c(Cl)cc(Cl)cc1C1C(C#N)=C(N)Oc2n[nH]c(-c3ccc(F)cc3)c21. The van der Waals surface area contributed by atoms with Gasteiger partial charge in [-0.1, -0.05) is 23.2 Å². The van der Waals surface area contributed by atoms with Gasteiger partial charge in [0.15, 0.2) is 0 Å². The summed E-state index contributed by atoms with van der Waals surface area (Å²) in [5.41, 5.74) is 8.41. The Labute approximate surface area is 175 Å². The van der Waals surface area contributed by atoms with Crippen molar-refractivity contribution in [2.75, 3.05) is 7.11 Å². The molecule has 3 N–H and O–H groups in total. The van der Waals surface area contributed by atoms with E-state index < -0.39 is 5.92 Å². The van der Waals surface area contributed by atoms with Gasteiger partial charge in [0.1, 0.15) is 23.2 Å². The van der Waals surface area contributed by atoms with Crippen LogP contribution in [-0.2, 0) is 0 Å². The standard InChI is InChI=1S/C20H13Cl2FN4O2/c1-28-18-12(6-10(21)7-14(18)22)15-13(8-24)19(25)29-20-16(15)17(26-27-20)9-2-4-11(23)5-3-9/h2-7,15H,25H2,1H3,(H,26,27). The number of nitrogens with two attached hydrogens (primary N) is 1. The van der Waals surface area contributed by atoms with E-state index in [0.717, 1.165) is 0 Å². The summed E-state index contributed by atoms with van der Waals surface area (Å²) in [7, 11) is 1.47. The number of fused-ring (bicyclic) bond motifs is 1. The molecule has 6 nitrogen and oxygen atoms in total. The summed E-state index contributed by atoms with van der Waals surface area (Å²) in [5.74, 6) is -0.626. The molecule has 0 bridgehead atoms. The number of hydrogen-bond acceptors (Lipinski definition) is 5. The maximum Gasteiger partial charge on any atom is 0.244 e. The van der Waals surface area contributed by atoms with E-state index in [1.807, 2.05) is 0 Å². The fourth-order valence-electron chi connectivity index (χ4n) is 3.40. The van der Waals surface area contributed by atoms with Gasteiger partial charge in [-0.2, -0.15) is 5.26 Å². The smallest absolute Gasteiger partial charge is 0.244 e. The van der Waals surface area contributed by atoms with Crippen LogP contribution in [0.25, 0.3) is 11.3 Å². The number of rotatable bonds is 3. The molecule has 2 heterocycles. The number of aromatic amines is 1. The topological polar surface area (TPSA) is 96.9 Å². The molecular weight excluding hydrogens is 418 g/mol. The number of ether oxygens (including phenoxy) is 2. The van der Waals surface area contributed by atoms with Crippen molar-refractivity contribution in [3.05, 3.63) is 74.8 Å². The highest BCUT2D eigenvalue weighted by atomic mass is 35.5. The number of aromatic nitrogens is 2. The molecule has 0 aliphatic carbocycles. The molecule has 2 aromatic carbocycles. The van der Waals surface area contributed by atoms with Crippen LogP contribution in [-0.4, -0.2) is 17.3 Å². The van der Waals surface area contributed by atoms with Gasteiger partial charge in [0, 0.05) is 16.1 Å². The number of nitriles is 1. The monoisotopic (exact) mass is 430 g/mol. The molecule has 1 atom stereocenters. The lowest BCUT2D eigenvalue weighted by Gasteiger charge is -2.26. The summed E-state index contributed by atoms with van der Waals surface area (Å²) in [4.78, 5) is 0. The fourth-order valence-corrected chi connectivity index (χ4v) is 3.99. The number of benzene rings is 2. The molecule has 4 rings (SSSR count). The lowest BCUT2D eigenvalue weighted by Crippen LogP contribution is -2.21. The van der Waals surface area contributed by atoms with Gasteiger partial charge in [-0.25, -0.2) is 4.39 Å². The van der Waals surface area contributed by atoms with Crippen LogP contribution in [0.3, 0.4) is 0 Å². The Hall–Kier alpha value is -3.21. The zero-order valence-corrected chi connectivity index (χ0v) is 16.5. The van der Waals surface area contributed by atoms with Crippen LogP contribution in [0, 0.1) is 17.1 Å². The molecule has 146 valence electrons. The molecule has 0 amide bonds. The number of halogens is 3. The number of nitrogens with zero attached hydrogens (tertiary/aromatic N) is 2. The second kappa shape index (κ2) is 7.32. The molecule has 0 saturated heterocycles. The van der Waals surface area contributed by atoms with E-state index in [1.54, 1.807) is 24.3 Å². The third-order valence-electron chi connectivity index (χ3n) is 4.62. The number of nitrogens with one attached hydrogen (secondary N) is 1. The second-order valence-electron chi connectivity index (χ2n) is 6.26. The van der Waals surface area contributed by atoms with E-state index in [4.69, 9.17) is 38.4 Å². The van der Waals surface area contributed by atoms with E-state index in [9.17, 15) is 9.65 Å². The summed E-state index contributed by atoms with van der Waals surface area (Å²) in [6.45, 7) is 0. The molecule has 1 aromatic heterocycles. The Morgan fingerprint density at radius 2 is 2.00 bits per heavy atom. The Morgan fingerprint density at radius 1 is 1.28 bits per heavy atom. The molecule has 1 aliphatic rings. The van der Waals surface area contributed by atoms with Gasteiger partial charge in [0.05, 0.1) is 29.3 Å². The maximum absolute atomic E-state index is 13.4. The van der Waals surface area contributed by atoms with E-state index in [1.165, 1.54) is 19.2 Å².